The third-order valence-corrected chi connectivity index (χ3v) is 3.14. The van der Waals surface area contributed by atoms with E-state index >= 15 is 0 Å². The minimum absolute atomic E-state index is 0.0176. The van der Waals surface area contributed by atoms with Crippen LogP contribution in [-0.2, 0) is 4.74 Å². The van der Waals surface area contributed by atoms with Crippen molar-refractivity contribution < 1.29 is 23.8 Å². The van der Waals surface area contributed by atoms with Crippen LogP contribution in [0.25, 0.3) is 11.5 Å². The predicted molar refractivity (Wildman–Crippen MR) is 76.6 cm³/mol. The SMILES string of the molecule is CC(C)(C)OC(=O)Nc1nc(-c2ccco2)c(C(=O)O)s1. The second-order valence-corrected chi connectivity index (χ2v) is 6.11. The fourth-order valence-electron chi connectivity index (χ4n) is 1.49. The lowest BCUT2D eigenvalue weighted by molar-refractivity contribution is 0.0634. The summed E-state index contributed by atoms with van der Waals surface area (Å²) in [5.74, 6) is -0.822. The van der Waals surface area contributed by atoms with Crippen molar-refractivity contribution in [3.8, 4) is 11.5 Å². The normalized spacial score (nSPS) is 11.2. The van der Waals surface area contributed by atoms with Gasteiger partial charge in [-0.3, -0.25) is 5.32 Å². The molecule has 7 nitrogen and oxygen atoms in total. The van der Waals surface area contributed by atoms with Crippen molar-refractivity contribution >= 4 is 28.5 Å². The van der Waals surface area contributed by atoms with Gasteiger partial charge in [-0.25, -0.2) is 14.6 Å². The maximum absolute atomic E-state index is 11.7. The molecule has 2 aromatic rings. The highest BCUT2D eigenvalue weighted by molar-refractivity contribution is 7.18. The molecule has 1 amide bonds. The van der Waals surface area contributed by atoms with Crippen molar-refractivity contribution in [1.29, 1.82) is 0 Å². The number of carbonyl (C=O) groups is 2. The zero-order valence-corrected chi connectivity index (χ0v) is 12.5. The van der Waals surface area contributed by atoms with Crippen molar-refractivity contribution in [2.24, 2.45) is 0 Å². The lowest BCUT2D eigenvalue weighted by Gasteiger charge is -2.18. The molecule has 8 heteroatoms. The molecule has 0 saturated carbocycles. The van der Waals surface area contributed by atoms with Gasteiger partial charge in [-0.15, -0.1) is 0 Å². The molecule has 0 aliphatic carbocycles. The van der Waals surface area contributed by atoms with Crippen LogP contribution in [-0.4, -0.2) is 27.8 Å². The van der Waals surface area contributed by atoms with E-state index in [4.69, 9.17) is 9.15 Å². The van der Waals surface area contributed by atoms with Crippen LogP contribution < -0.4 is 5.32 Å². The maximum Gasteiger partial charge on any atom is 0.413 e. The fraction of sp³-hybridized carbons (Fsp3) is 0.308. The van der Waals surface area contributed by atoms with E-state index in [1.807, 2.05) is 0 Å². The van der Waals surface area contributed by atoms with Gasteiger partial charge in [0.2, 0.25) is 0 Å². The average Bonchev–Trinajstić information content (AvgIpc) is 2.92. The number of nitrogens with one attached hydrogen (secondary N) is 1. The molecule has 21 heavy (non-hydrogen) atoms. The van der Waals surface area contributed by atoms with E-state index < -0.39 is 17.7 Å². The van der Waals surface area contributed by atoms with Gasteiger partial charge in [0, 0.05) is 0 Å². The summed E-state index contributed by atoms with van der Waals surface area (Å²) in [6.45, 7) is 5.18. The number of anilines is 1. The number of aromatic carboxylic acids is 1. The molecule has 0 aliphatic rings. The number of carboxylic acid groups (broad SMARTS) is 1. The van der Waals surface area contributed by atoms with Crippen molar-refractivity contribution in [3.63, 3.8) is 0 Å². The Hall–Kier alpha value is -2.35. The lowest BCUT2D eigenvalue weighted by Crippen LogP contribution is -2.27. The Bertz CT molecular complexity index is 655. The van der Waals surface area contributed by atoms with E-state index in [2.05, 4.69) is 10.3 Å². The van der Waals surface area contributed by atoms with Gasteiger partial charge in [0.05, 0.1) is 6.26 Å². The number of aromatic nitrogens is 1. The third kappa shape index (κ3) is 3.82. The highest BCUT2D eigenvalue weighted by Crippen LogP contribution is 2.31. The smallest absolute Gasteiger partial charge is 0.413 e. The molecular formula is C13H14N2O5S. The Morgan fingerprint density at radius 3 is 2.67 bits per heavy atom. The molecule has 2 rings (SSSR count). The van der Waals surface area contributed by atoms with E-state index in [0.29, 0.717) is 5.76 Å². The van der Waals surface area contributed by atoms with E-state index in [1.165, 1.54) is 6.26 Å². The lowest BCUT2D eigenvalue weighted by atomic mass is 10.2. The number of amides is 1. The van der Waals surface area contributed by atoms with Gasteiger partial charge >= 0.3 is 12.1 Å². The highest BCUT2D eigenvalue weighted by atomic mass is 32.1. The number of hydrogen-bond acceptors (Lipinski definition) is 6. The molecule has 0 spiro atoms. The minimum Gasteiger partial charge on any atom is -0.477 e. The minimum atomic E-state index is -1.14. The van der Waals surface area contributed by atoms with E-state index in [-0.39, 0.29) is 15.7 Å². The summed E-state index contributed by atoms with van der Waals surface area (Å²) in [5, 5.41) is 11.7. The van der Waals surface area contributed by atoms with Crippen molar-refractivity contribution in [1.82, 2.24) is 4.98 Å². The molecule has 0 saturated heterocycles. The molecule has 0 bridgehead atoms. The number of carbonyl (C=O) groups excluding carboxylic acids is 1. The number of carboxylic acids is 1. The van der Waals surface area contributed by atoms with E-state index in [1.54, 1.807) is 32.9 Å². The topological polar surface area (TPSA) is 102 Å². The summed E-state index contributed by atoms with van der Waals surface area (Å²) in [4.78, 5) is 27.0. The number of furan rings is 1. The highest BCUT2D eigenvalue weighted by Gasteiger charge is 2.23. The summed E-state index contributed by atoms with van der Waals surface area (Å²) in [5.41, 5.74) is -0.482. The first-order valence-electron chi connectivity index (χ1n) is 6.04. The molecule has 2 N–H and O–H groups in total. The molecule has 0 atom stereocenters. The van der Waals surface area contributed by atoms with Gasteiger partial charge in [0.15, 0.2) is 10.9 Å². The number of nitrogens with zero attached hydrogens (tertiary/aromatic N) is 1. The zero-order valence-electron chi connectivity index (χ0n) is 11.7. The summed E-state index contributed by atoms with van der Waals surface area (Å²) in [7, 11) is 0. The summed E-state index contributed by atoms with van der Waals surface area (Å²) < 4.78 is 10.2. The van der Waals surface area contributed by atoms with Crippen LogP contribution in [0.2, 0.25) is 0 Å². The van der Waals surface area contributed by atoms with Crippen LogP contribution in [0.1, 0.15) is 30.4 Å². The van der Waals surface area contributed by atoms with Gasteiger partial charge in [-0.2, -0.15) is 0 Å². The quantitative estimate of drug-likeness (QED) is 0.900. The number of ether oxygens (including phenoxy) is 1. The second kappa shape index (κ2) is 5.57. The number of hydrogen-bond donors (Lipinski definition) is 2. The first kappa shape index (κ1) is 15.0. The van der Waals surface area contributed by atoms with E-state index in [0.717, 1.165) is 11.3 Å². The van der Waals surface area contributed by atoms with Gasteiger partial charge in [-0.1, -0.05) is 11.3 Å². The Balaban J connectivity index is 2.24. The molecule has 2 aromatic heterocycles. The van der Waals surface area contributed by atoms with Crippen LogP contribution in [0.5, 0.6) is 0 Å². The van der Waals surface area contributed by atoms with E-state index in [9.17, 15) is 14.7 Å². The number of thiazole rings is 1. The molecule has 0 radical (unpaired) electrons. The van der Waals surface area contributed by atoms with Gasteiger partial charge in [0.25, 0.3) is 0 Å². The molecule has 0 aliphatic heterocycles. The fourth-order valence-corrected chi connectivity index (χ4v) is 2.28. The summed E-state index contributed by atoms with van der Waals surface area (Å²) >= 11 is 0.838. The molecular weight excluding hydrogens is 296 g/mol. The average molecular weight is 310 g/mol. The Morgan fingerprint density at radius 1 is 1.43 bits per heavy atom. The van der Waals surface area contributed by atoms with Crippen LogP contribution in [0.15, 0.2) is 22.8 Å². The van der Waals surface area contributed by atoms with Crippen LogP contribution in [0.3, 0.4) is 0 Å². The Labute approximate surface area is 124 Å². The van der Waals surface area contributed by atoms with Crippen LogP contribution in [0.4, 0.5) is 9.93 Å². The van der Waals surface area contributed by atoms with Crippen molar-refractivity contribution in [2.75, 3.05) is 5.32 Å². The molecule has 0 aromatic carbocycles. The maximum atomic E-state index is 11.7. The third-order valence-electron chi connectivity index (χ3n) is 2.18. The second-order valence-electron chi connectivity index (χ2n) is 5.11. The Morgan fingerprint density at radius 2 is 2.14 bits per heavy atom. The zero-order chi connectivity index (χ0) is 15.6. The predicted octanol–water partition coefficient (Wildman–Crippen LogP) is 3.45. The van der Waals surface area contributed by atoms with Crippen molar-refractivity contribution in [2.45, 2.75) is 26.4 Å². The summed E-state index contributed by atoms with van der Waals surface area (Å²) in [6.07, 6.45) is 0.723. The molecule has 2 heterocycles. The van der Waals surface area contributed by atoms with Gasteiger partial charge in [-0.05, 0) is 32.9 Å². The molecule has 112 valence electrons. The summed E-state index contributed by atoms with van der Waals surface area (Å²) in [6, 6.07) is 3.22. The van der Waals surface area contributed by atoms with Crippen LogP contribution >= 0.6 is 11.3 Å². The largest absolute Gasteiger partial charge is 0.477 e. The number of rotatable bonds is 3. The first-order chi connectivity index (χ1) is 9.76. The molecule has 0 fully saturated rings. The Kier molecular flexibility index (Phi) is 3.99. The standard InChI is InChI=1S/C13H14N2O5S/c1-13(2,3)20-12(18)15-11-14-8(7-5-4-6-19-7)9(21-11)10(16)17/h4-6H,1-3H3,(H,16,17)(H,14,15,18). The van der Waals surface area contributed by atoms with Crippen LogP contribution in [0, 0.1) is 0 Å². The monoisotopic (exact) mass is 310 g/mol. The van der Waals surface area contributed by atoms with Gasteiger partial charge in [0.1, 0.15) is 16.2 Å². The van der Waals surface area contributed by atoms with Crippen molar-refractivity contribution in [3.05, 3.63) is 23.3 Å². The van der Waals surface area contributed by atoms with Gasteiger partial charge < -0.3 is 14.3 Å². The molecule has 0 unspecified atom stereocenters. The first-order valence-corrected chi connectivity index (χ1v) is 6.86.